The molecule has 1 N–H and O–H groups in total. The van der Waals surface area contributed by atoms with Crippen LogP contribution in [-0.4, -0.2) is 33.6 Å². The minimum absolute atomic E-state index is 0.103. The van der Waals surface area contributed by atoms with Gasteiger partial charge in [0.25, 0.3) is 11.5 Å². The van der Waals surface area contributed by atoms with Crippen molar-refractivity contribution in [3.05, 3.63) is 81.1 Å². The fraction of sp³-hybridized carbons (Fsp3) is 0.310. The van der Waals surface area contributed by atoms with Gasteiger partial charge in [-0.05, 0) is 69.0 Å². The van der Waals surface area contributed by atoms with E-state index in [0.717, 1.165) is 31.4 Å². The number of piperidine rings is 1. The average molecular weight is 539 g/mol. The standard InChI is InChI=1S/C29H28F2N2O4S/c1-29(2,36)17-7-9-23(37-24-10-8-18(30)14-22(24)31)19(13-17)21-16-32(3)27(34)20-15-25(38-26(20)21)28(35)33-11-5-4-6-12-33/h7-10,13-16,36H,4-6,11-12H2,1-3H3. The molecule has 0 bridgehead atoms. The van der Waals surface area contributed by atoms with Crippen molar-refractivity contribution in [1.29, 1.82) is 0 Å². The van der Waals surface area contributed by atoms with Gasteiger partial charge in [0.2, 0.25) is 0 Å². The van der Waals surface area contributed by atoms with Crippen molar-refractivity contribution in [2.24, 2.45) is 7.05 Å². The summed E-state index contributed by atoms with van der Waals surface area (Å²) in [4.78, 5) is 28.6. The van der Waals surface area contributed by atoms with E-state index in [9.17, 15) is 23.5 Å². The third kappa shape index (κ3) is 4.96. The van der Waals surface area contributed by atoms with Crippen LogP contribution in [0.5, 0.6) is 11.5 Å². The molecule has 0 spiro atoms. The third-order valence-corrected chi connectivity index (χ3v) is 7.95. The predicted octanol–water partition coefficient (Wildman–Crippen LogP) is 6.19. The number of halogens is 2. The smallest absolute Gasteiger partial charge is 0.263 e. The normalized spacial score (nSPS) is 14.2. The second-order valence-electron chi connectivity index (χ2n) is 10.1. The number of pyridine rings is 1. The molecular formula is C29H28F2N2O4S. The number of aromatic nitrogens is 1. The van der Waals surface area contributed by atoms with Gasteiger partial charge in [-0.1, -0.05) is 6.07 Å². The summed E-state index contributed by atoms with van der Waals surface area (Å²) in [7, 11) is 1.62. The lowest BCUT2D eigenvalue weighted by atomic mass is 9.94. The molecule has 5 rings (SSSR count). The van der Waals surface area contributed by atoms with E-state index in [0.29, 0.717) is 44.7 Å². The summed E-state index contributed by atoms with van der Waals surface area (Å²) in [6.07, 6.45) is 4.64. The lowest BCUT2D eigenvalue weighted by Gasteiger charge is -2.26. The Kier molecular flexibility index (Phi) is 6.83. The number of likely N-dealkylation sites (tertiary alicyclic amines) is 1. The Morgan fingerprint density at radius 2 is 1.71 bits per heavy atom. The molecule has 1 aliphatic heterocycles. The summed E-state index contributed by atoms with van der Waals surface area (Å²) in [6.45, 7) is 4.66. The van der Waals surface area contributed by atoms with Gasteiger partial charge in [-0.2, -0.15) is 0 Å². The Hall–Kier alpha value is -3.56. The second kappa shape index (κ2) is 9.96. The summed E-state index contributed by atoms with van der Waals surface area (Å²) < 4.78 is 35.9. The van der Waals surface area contributed by atoms with Crippen molar-refractivity contribution < 1.29 is 23.4 Å². The topological polar surface area (TPSA) is 71.8 Å². The number of aryl methyl sites for hydroxylation is 1. The number of aliphatic hydroxyl groups is 1. The predicted molar refractivity (Wildman–Crippen MR) is 144 cm³/mol. The number of amides is 1. The second-order valence-corrected chi connectivity index (χ2v) is 11.2. The molecule has 198 valence electrons. The summed E-state index contributed by atoms with van der Waals surface area (Å²) in [5, 5.41) is 11.1. The number of fused-ring (bicyclic) bond motifs is 1. The van der Waals surface area contributed by atoms with Gasteiger partial charge in [-0.25, -0.2) is 8.78 Å². The number of carbonyl (C=O) groups is 1. The molecule has 0 unspecified atom stereocenters. The van der Waals surface area contributed by atoms with E-state index < -0.39 is 17.2 Å². The zero-order valence-electron chi connectivity index (χ0n) is 21.4. The number of hydrogen-bond donors (Lipinski definition) is 1. The van der Waals surface area contributed by atoms with Crippen LogP contribution >= 0.6 is 11.3 Å². The van der Waals surface area contributed by atoms with Gasteiger partial charge in [-0.3, -0.25) is 9.59 Å². The number of carbonyl (C=O) groups excluding carboxylic acids is 1. The molecule has 1 saturated heterocycles. The van der Waals surface area contributed by atoms with E-state index in [1.165, 1.54) is 22.0 Å². The van der Waals surface area contributed by atoms with Crippen LogP contribution in [0.1, 0.15) is 48.3 Å². The van der Waals surface area contributed by atoms with Crippen LogP contribution < -0.4 is 10.3 Å². The van der Waals surface area contributed by atoms with E-state index in [-0.39, 0.29) is 23.0 Å². The van der Waals surface area contributed by atoms with Crippen LogP contribution in [-0.2, 0) is 12.6 Å². The Morgan fingerprint density at radius 1 is 1.00 bits per heavy atom. The molecule has 2 aromatic carbocycles. The molecule has 0 aliphatic carbocycles. The first-order valence-corrected chi connectivity index (χ1v) is 13.3. The third-order valence-electron chi connectivity index (χ3n) is 6.79. The number of benzene rings is 2. The van der Waals surface area contributed by atoms with E-state index in [4.69, 9.17) is 4.74 Å². The molecule has 1 fully saturated rings. The van der Waals surface area contributed by atoms with Crippen LogP contribution in [0.2, 0.25) is 0 Å². The highest BCUT2D eigenvalue weighted by Gasteiger charge is 2.25. The van der Waals surface area contributed by atoms with Gasteiger partial charge in [0.1, 0.15) is 11.6 Å². The molecule has 2 aromatic heterocycles. The van der Waals surface area contributed by atoms with E-state index in [1.54, 1.807) is 51.4 Å². The Morgan fingerprint density at radius 3 is 2.39 bits per heavy atom. The van der Waals surface area contributed by atoms with Crippen LogP contribution in [0.15, 0.2) is 53.5 Å². The van der Waals surface area contributed by atoms with Crippen molar-refractivity contribution in [3.63, 3.8) is 0 Å². The highest BCUT2D eigenvalue weighted by molar-refractivity contribution is 7.21. The number of hydrogen-bond acceptors (Lipinski definition) is 5. The van der Waals surface area contributed by atoms with Crippen molar-refractivity contribution in [2.75, 3.05) is 13.1 Å². The van der Waals surface area contributed by atoms with Gasteiger partial charge in [0.15, 0.2) is 11.6 Å². The van der Waals surface area contributed by atoms with Crippen molar-refractivity contribution >= 4 is 27.3 Å². The fourth-order valence-corrected chi connectivity index (χ4v) is 5.83. The summed E-state index contributed by atoms with van der Waals surface area (Å²) in [5.41, 5.74) is 0.214. The molecule has 0 saturated carbocycles. The molecule has 1 amide bonds. The molecule has 3 heterocycles. The first-order valence-electron chi connectivity index (χ1n) is 12.5. The molecule has 6 nitrogen and oxygen atoms in total. The lowest BCUT2D eigenvalue weighted by molar-refractivity contribution is 0.0728. The van der Waals surface area contributed by atoms with Gasteiger partial charge in [0, 0.05) is 43.5 Å². The van der Waals surface area contributed by atoms with Crippen molar-refractivity contribution in [3.8, 4) is 22.6 Å². The van der Waals surface area contributed by atoms with Gasteiger partial charge < -0.3 is 19.3 Å². The SMILES string of the molecule is Cn1cc(-c2cc(C(C)(C)O)ccc2Oc2ccc(F)cc2F)c2sc(C(=O)N3CCCCC3)cc2c1=O. The first-order chi connectivity index (χ1) is 18.0. The number of thiophene rings is 1. The van der Waals surface area contributed by atoms with Gasteiger partial charge in [-0.15, -0.1) is 11.3 Å². The maximum absolute atomic E-state index is 14.5. The molecule has 0 radical (unpaired) electrons. The Bertz CT molecular complexity index is 1600. The lowest BCUT2D eigenvalue weighted by Crippen LogP contribution is -2.35. The zero-order chi connectivity index (χ0) is 27.2. The summed E-state index contributed by atoms with van der Waals surface area (Å²) in [5.74, 6) is -1.61. The molecule has 9 heteroatoms. The molecule has 4 aromatic rings. The molecular weight excluding hydrogens is 510 g/mol. The van der Waals surface area contributed by atoms with Gasteiger partial charge >= 0.3 is 0 Å². The maximum Gasteiger partial charge on any atom is 0.263 e. The largest absolute Gasteiger partial charge is 0.454 e. The van der Waals surface area contributed by atoms with Gasteiger partial charge in [0.05, 0.1) is 20.6 Å². The Labute approximate surface area is 222 Å². The van der Waals surface area contributed by atoms with Crippen LogP contribution in [0.3, 0.4) is 0 Å². The minimum atomic E-state index is -1.20. The summed E-state index contributed by atoms with van der Waals surface area (Å²) >= 11 is 1.23. The van der Waals surface area contributed by atoms with Crippen LogP contribution in [0.4, 0.5) is 8.78 Å². The quantitative estimate of drug-likeness (QED) is 0.329. The van der Waals surface area contributed by atoms with Crippen molar-refractivity contribution in [1.82, 2.24) is 9.47 Å². The number of nitrogens with zero attached hydrogens (tertiary/aromatic N) is 2. The van der Waals surface area contributed by atoms with E-state index in [2.05, 4.69) is 0 Å². The minimum Gasteiger partial charge on any atom is -0.454 e. The first kappa shape index (κ1) is 26.1. The highest BCUT2D eigenvalue weighted by Crippen LogP contribution is 2.42. The monoisotopic (exact) mass is 538 g/mol. The van der Waals surface area contributed by atoms with E-state index in [1.807, 2.05) is 4.90 Å². The van der Waals surface area contributed by atoms with Crippen LogP contribution in [0, 0.1) is 11.6 Å². The molecule has 38 heavy (non-hydrogen) atoms. The average Bonchev–Trinajstić information content (AvgIpc) is 3.33. The Balaban J connectivity index is 1.70. The number of rotatable bonds is 5. The highest BCUT2D eigenvalue weighted by atomic mass is 32.1. The number of ether oxygens (including phenoxy) is 1. The molecule has 0 atom stereocenters. The maximum atomic E-state index is 14.5. The zero-order valence-corrected chi connectivity index (χ0v) is 22.2. The fourth-order valence-electron chi connectivity index (χ4n) is 4.69. The van der Waals surface area contributed by atoms with E-state index >= 15 is 0 Å². The van der Waals surface area contributed by atoms with Crippen molar-refractivity contribution in [2.45, 2.75) is 38.7 Å². The van der Waals surface area contributed by atoms with Crippen LogP contribution in [0.25, 0.3) is 21.2 Å². The summed E-state index contributed by atoms with van der Waals surface area (Å²) in [6, 6.07) is 9.68. The molecule has 1 aliphatic rings.